The average Bonchev–Trinajstić information content (AvgIpc) is 2.67. The number of rotatable bonds is 7. The van der Waals surface area contributed by atoms with Crippen LogP contribution in [0, 0.1) is 13.8 Å². The van der Waals surface area contributed by atoms with E-state index in [-0.39, 0.29) is 24.4 Å². The first kappa shape index (κ1) is 19.6. The lowest BCUT2D eigenvalue weighted by Gasteiger charge is -2.20. The van der Waals surface area contributed by atoms with Gasteiger partial charge in [-0.3, -0.25) is 9.59 Å². The lowest BCUT2D eigenvalue weighted by Crippen LogP contribution is -2.32. The highest BCUT2D eigenvalue weighted by atomic mass is 16.5. The second kappa shape index (κ2) is 8.69. The fraction of sp³-hybridized carbons (Fsp3) is 0.318. The second-order valence-corrected chi connectivity index (χ2v) is 6.81. The second-order valence-electron chi connectivity index (χ2n) is 6.81. The first-order valence-corrected chi connectivity index (χ1v) is 9.43. The Bertz CT molecular complexity index is 1040. The summed E-state index contributed by atoms with van der Waals surface area (Å²) in [7, 11) is 0. The van der Waals surface area contributed by atoms with Crippen molar-refractivity contribution in [3.8, 4) is 5.75 Å². The van der Waals surface area contributed by atoms with E-state index >= 15 is 0 Å². The minimum Gasteiger partial charge on any atom is -0.493 e. The Morgan fingerprint density at radius 1 is 1.18 bits per heavy atom. The number of nitrogens with zero attached hydrogens (tertiary/aromatic N) is 2. The summed E-state index contributed by atoms with van der Waals surface area (Å²) in [6.45, 7) is 7.02. The zero-order valence-electron chi connectivity index (χ0n) is 16.5. The van der Waals surface area contributed by atoms with Gasteiger partial charge in [-0.05, 0) is 44.5 Å². The summed E-state index contributed by atoms with van der Waals surface area (Å²) in [4.78, 5) is 33.7. The number of aromatic nitrogens is 2. The van der Waals surface area contributed by atoms with Crippen LogP contribution in [0.5, 0.6) is 5.75 Å². The van der Waals surface area contributed by atoms with Crippen molar-refractivity contribution in [2.24, 2.45) is 0 Å². The van der Waals surface area contributed by atoms with Gasteiger partial charge in [0, 0.05) is 6.54 Å². The van der Waals surface area contributed by atoms with Crippen LogP contribution in [0.15, 0.2) is 47.3 Å². The molecule has 2 aromatic carbocycles. The highest BCUT2D eigenvalue weighted by molar-refractivity contribution is 5.78. The van der Waals surface area contributed by atoms with Crippen LogP contribution in [0.3, 0.4) is 0 Å². The van der Waals surface area contributed by atoms with Gasteiger partial charge in [0.05, 0.1) is 30.5 Å². The minimum absolute atomic E-state index is 0.0388. The molecule has 0 aliphatic rings. The van der Waals surface area contributed by atoms with E-state index in [1.54, 1.807) is 23.1 Å². The van der Waals surface area contributed by atoms with Crippen LogP contribution in [-0.4, -0.2) is 33.9 Å². The van der Waals surface area contributed by atoms with Gasteiger partial charge in [-0.25, -0.2) is 4.98 Å². The average molecular weight is 379 g/mol. The highest BCUT2D eigenvalue weighted by Gasteiger charge is 2.14. The van der Waals surface area contributed by atoms with E-state index in [4.69, 9.17) is 4.74 Å². The van der Waals surface area contributed by atoms with E-state index in [0.29, 0.717) is 29.9 Å². The van der Waals surface area contributed by atoms with E-state index in [9.17, 15) is 9.59 Å². The van der Waals surface area contributed by atoms with Crippen LogP contribution < -0.4 is 10.3 Å². The third-order valence-corrected chi connectivity index (χ3v) is 4.64. The minimum atomic E-state index is -0.192. The van der Waals surface area contributed by atoms with Crippen molar-refractivity contribution in [1.82, 2.24) is 14.9 Å². The Morgan fingerprint density at radius 2 is 1.96 bits per heavy atom. The Kier molecular flexibility index (Phi) is 6.09. The number of fused-ring (bicyclic) bond motifs is 1. The molecule has 146 valence electrons. The smallest absolute Gasteiger partial charge is 0.258 e. The molecule has 0 bridgehead atoms. The molecule has 0 aliphatic heterocycles. The third kappa shape index (κ3) is 4.57. The topological polar surface area (TPSA) is 75.3 Å². The van der Waals surface area contributed by atoms with Gasteiger partial charge in [0.2, 0.25) is 5.91 Å². The largest absolute Gasteiger partial charge is 0.493 e. The molecule has 1 heterocycles. The standard InChI is InChI=1S/C22H25N3O3/c1-4-25(14-20-23-18-8-6-5-7-17(18)22(27)24-20)21(26)11-12-28-19-10-9-15(2)13-16(19)3/h5-10,13H,4,11-12,14H2,1-3H3,(H,23,24,27). The predicted molar refractivity (Wildman–Crippen MR) is 109 cm³/mol. The van der Waals surface area contributed by atoms with Gasteiger partial charge in [0.1, 0.15) is 11.6 Å². The van der Waals surface area contributed by atoms with Crippen LogP contribution in [0.25, 0.3) is 10.9 Å². The SMILES string of the molecule is CCN(Cc1nc2ccccc2c(=O)[nH]1)C(=O)CCOc1ccc(C)cc1C. The van der Waals surface area contributed by atoms with E-state index in [2.05, 4.69) is 16.0 Å². The summed E-state index contributed by atoms with van der Waals surface area (Å²) in [6.07, 6.45) is 0.263. The maximum atomic E-state index is 12.6. The number of carbonyl (C=O) groups excluding carboxylic acids is 1. The summed E-state index contributed by atoms with van der Waals surface area (Å²) in [5, 5.41) is 0.544. The Hall–Kier alpha value is -3.15. The number of aromatic amines is 1. The van der Waals surface area contributed by atoms with Crippen molar-refractivity contribution in [3.05, 3.63) is 69.8 Å². The molecule has 0 saturated heterocycles. The van der Waals surface area contributed by atoms with Gasteiger partial charge in [0.15, 0.2) is 0 Å². The lowest BCUT2D eigenvalue weighted by atomic mass is 10.1. The Labute approximate surface area is 164 Å². The fourth-order valence-electron chi connectivity index (χ4n) is 3.13. The predicted octanol–water partition coefficient (Wildman–Crippen LogP) is 3.36. The molecule has 28 heavy (non-hydrogen) atoms. The quantitative estimate of drug-likeness (QED) is 0.683. The van der Waals surface area contributed by atoms with Gasteiger partial charge < -0.3 is 14.6 Å². The molecule has 6 heteroatoms. The monoisotopic (exact) mass is 379 g/mol. The van der Waals surface area contributed by atoms with Gasteiger partial charge in [-0.1, -0.05) is 29.8 Å². The molecule has 1 amide bonds. The fourth-order valence-corrected chi connectivity index (χ4v) is 3.13. The van der Waals surface area contributed by atoms with Crippen molar-refractivity contribution in [2.45, 2.75) is 33.7 Å². The van der Waals surface area contributed by atoms with E-state index in [0.717, 1.165) is 11.3 Å². The number of hydrogen-bond acceptors (Lipinski definition) is 4. The number of carbonyl (C=O) groups is 1. The summed E-state index contributed by atoms with van der Waals surface area (Å²) in [5.74, 6) is 1.24. The molecular formula is C22H25N3O3. The number of para-hydroxylation sites is 1. The molecule has 0 atom stereocenters. The van der Waals surface area contributed by atoms with Gasteiger partial charge in [-0.2, -0.15) is 0 Å². The molecule has 1 aromatic heterocycles. The van der Waals surface area contributed by atoms with Crippen molar-refractivity contribution in [3.63, 3.8) is 0 Å². The summed E-state index contributed by atoms with van der Waals surface area (Å²) < 4.78 is 5.76. The maximum Gasteiger partial charge on any atom is 0.258 e. The zero-order chi connectivity index (χ0) is 20.1. The van der Waals surface area contributed by atoms with E-state index in [1.807, 2.05) is 39.0 Å². The van der Waals surface area contributed by atoms with Crippen LogP contribution in [-0.2, 0) is 11.3 Å². The summed E-state index contributed by atoms with van der Waals surface area (Å²) in [6, 6.07) is 13.1. The molecular weight excluding hydrogens is 354 g/mol. The number of hydrogen-bond donors (Lipinski definition) is 1. The molecule has 0 radical (unpaired) electrons. The van der Waals surface area contributed by atoms with Gasteiger partial charge >= 0.3 is 0 Å². The first-order chi connectivity index (χ1) is 13.5. The van der Waals surface area contributed by atoms with Crippen molar-refractivity contribution in [2.75, 3.05) is 13.2 Å². The molecule has 0 fully saturated rings. The lowest BCUT2D eigenvalue weighted by molar-refractivity contribution is -0.132. The maximum absolute atomic E-state index is 12.6. The zero-order valence-corrected chi connectivity index (χ0v) is 16.5. The molecule has 6 nitrogen and oxygen atoms in total. The molecule has 3 rings (SSSR count). The first-order valence-electron chi connectivity index (χ1n) is 9.43. The number of H-pyrrole nitrogens is 1. The number of aryl methyl sites for hydroxylation is 2. The van der Waals surface area contributed by atoms with Crippen molar-refractivity contribution < 1.29 is 9.53 Å². The molecule has 0 saturated carbocycles. The number of benzene rings is 2. The molecule has 0 spiro atoms. The molecule has 3 aromatic rings. The van der Waals surface area contributed by atoms with Crippen LogP contribution in [0.2, 0.25) is 0 Å². The van der Waals surface area contributed by atoms with Crippen LogP contribution in [0.4, 0.5) is 0 Å². The Morgan fingerprint density at radius 3 is 2.71 bits per heavy atom. The summed E-state index contributed by atoms with van der Waals surface area (Å²) >= 11 is 0. The molecule has 0 unspecified atom stereocenters. The van der Waals surface area contributed by atoms with E-state index in [1.165, 1.54) is 5.56 Å². The van der Waals surface area contributed by atoms with Crippen LogP contribution in [0.1, 0.15) is 30.3 Å². The summed E-state index contributed by atoms with van der Waals surface area (Å²) in [5.41, 5.74) is 2.66. The van der Waals surface area contributed by atoms with Crippen molar-refractivity contribution >= 4 is 16.8 Å². The third-order valence-electron chi connectivity index (χ3n) is 4.64. The molecule has 1 N–H and O–H groups in total. The number of amides is 1. The van der Waals surface area contributed by atoms with E-state index < -0.39 is 0 Å². The van der Waals surface area contributed by atoms with Gasteiger partial charge in [0.25, 0.3) is 5.56 Å². The van der Waals surface area contributed by atoms with Gasteiger partial charge in [-0.15, -0.1) is 0 Å². The Balaban J connectivity index is 1.63. The normalized spacial score (nSPS) is 10.8. The number of ether oxygens (including phenoxy) is 1. The number of nitrogens with one attached hydrogen (secondary N) is 1. The molecule has 0 aliphatic carbocycles. The highest BCUT2D eigenvalue weighted by Crippen LogP contribution is 2.19. The van der Waals surface area contributed by atoms with Crippen LogP contribution >= 0.6 is 0 Å². The van der Waals surface area contributed by atoms with Crippen molar-refractivity contribution in [1.29, 1.82) is 0 Å².